The average Bonchev–Trinajstić information content (AvgIpc) is 2.87. The first kappa shape index (κ1) is 16.5. The minimum Gasteiger partial charge on any atom is -0.335 e. The molecule has 0 bridgehead atoms. The van der Waals surface area contributed by atoms with Crippen LogP contribution in [0.4, 0.5) is 10.6 Å². The van der Waals surface area contributed by atoms with Gasteiger partial charge in [0.25, 0.3) is 0 Å². The van der Waals surface area contributed by atoms with Crippen molar-refractivity contribution in [1.82, 2.24) is 20.0 Å². The number of likely N-dealkylation sites (tertiary alicyclic amines) is 1. The van der Waals surface area contributed by atoms with E-state index in [1.807, 2.05) is 26.1 Å². The van der Waals surface area contributed by atoms with Crippen LogP contribution in [0.1, 0.15) is 24.1 Å². The first-order chi connectivity index (χ1) is 11.6. The Labute approximate surface area is 142 Å². The summed E-state index contributed by atoms with van der Waals surface area (Å²) in [4.78, 5) is 14.6. The van der Waals surface area contributed by atoms with E-state index in [9.17, 15) is 4.79 Å². The normalized spacial score (nSPS) is 16.1. The third-order valence-electron chi connectivity index (χ3n) is 4.42. The van der Waals surface area contributed by atoms with Gasteiger partial charge in [0.1, 0.15) is 5.82 Å². The number of rotatable bonds is 4. The van der Waals surface area contributed by atoms with E-state index < -0.39 is 0 Å². The van der Waals surface area contributed by atoms with Crippen molar-refractivity contribution in [2.45, 2.75) is 32.4 Å². The molecule has 1 aromatic carbocycles. The number of piperidine rings is 1. The number of amides is 2. The first-order valence-electron chi connectivity index (χ1n) is 8.44. The summed E-state index contributed by atoms with van der Waals surface area (Å²) in [5.74, 6) is 0.714. The minimum absolute atomic E-state index is 0.153. The van der Waals surface area contributed by atoms with Crippen LogP contribution in [0.3, 0.4) is 0 Å². The Bertz CT molecular complexity index is 674. The van der Waals surface area contributed by atoms with Crippen LogP contribution in [-0.2, 0) is 13.6 Å². The fraction of sp³-hybridized carbons (Fsp3) is 0.444. The van der Waals surface area contributed by atoms with Gasteiger partial charge in [0, 0.05) is 38.8 Å². The number of carbonyl (C=O) groups is 1. The Hall–Kier alpha value is -2.34. The van der Waals surface area contributed by atoms with E-state index >= 15 is 0 Å². The maximum Gasteiger partial charge on any atom is 0.320 e. The lowest BCUT2D eigenvalue weighted by molar-refractivity contribution is 0.190. The van der Waals surface area contributed by atoms with Crippen molar-refractivity contribution < 1.29 is 4.79 Å². The van der Waals surface area contributed by atoms with Crippen molar-refractivity contribution in [1.29, 1.82) is 0 Å². The maximum absolute atomic E-state index is 12.1. The highest BCUT2D eigenvalue weighted by molar-refractivity contribution is 5.88. The van der Waals surface area contributed by atoms with E-state index in [2.05, 4.69) is 44.9 Å². The van der Waals surface area contributed by atoms with Gasteiger partial charge in [0.05, 0.1) is 5.69 Å². The lowest BCUT2D eigenvalue weighted by Crippen LogP contribution is -2.45. The summed E-state index contributed by atoms with van der Waals surface area (Å²) in [5.41, 5.74) is 2.23. The third kappa shape index (κ3) is 4.35. The third-order valence-corrected chi connectivity index (χ3v) is 4.42. The molecule has 0 radical (unpaired) electrons. The Kier molecular flexibility index (Phi) is 5.15. The number of hydrogen-bond donors (Lipinski definition) is 2. The molecule has 0 aliphatic carbocycles. The molecular formula is C18H25N5O. The van der Waals surface area contributed by atoms with Gasteiger partial charge in [-0.25, -0.2) is 4.79 Å². The van der Waals surface area contributed by atoms with Gasteiger partial charge in [0.2, 0.25) is 0 Å². The number of urea groups is 1. The molecule has 6 heteroatoms. The molecule has 2 heterocycles. The predicted molar refractivity (Wildman–Crippen MR) is 94.8 cm³/mol. The molecule has 1 aliphatic heterocycles. The van der Waals surface area contributed by atoms with Crippen molar-refractivity contribution >= 4 is 11.8 Å². The molecule has 24 heavy (non-hydrogen) atoms. The van der Waals surface area contributed by atoms with Crippen LogP contribution in [0.15, 0.2) is 36.4 Å². The van der Waals surface area contributed by atoms with Gasteiger partial charge in [-0.15, -0.1) is 0 Å². The summed E-state index contributed by atoms with van der Waals surface area (Å²) in [5, 5.41) is 10.2. The van der Waals surface area contributed by atoms with Gasteiger partial charge in [-0.1, -0.05) is 30.3 Å². The highest BCUT2D eigenvalue weighted by Crippen LogP contribution is 2.14. The molecule has 1 aromatic heterocycles. The van der Waals surface area contributed by atoms with Crippen molar-refractivity contribution in [3.8, 4) is 0 Å². The number of nitrogens with one attached hydrogen (secondary N) is 2. The number of nitrogens with zero attached hydrogens (tertiary/aromatic N) is 3. The molecule has 2 aromatic rings. The molecule has 6 nitrogen and oxygen atoms in total. The maximum atomic E-state index is 12.1. The molecule has 0 atom stereocenters. The van der Waals surface area contributed by atoms with Crippen molar-refractivity contribution in [2.75, 3.05) is 18.4 Å². The summed E-state index contributed by atoms with van der Waals surface area (Å²) in [6.07, 6.45) is 1.95. The van der Waals surface area contributed by atoms with Crippen LogP contribution in [0.25, 0.3) is 0 Å². The SMILES string of the molecule is Cc1cc(NC(=O)NC2CCN(Cc3ccccc3)CC2)n(C)n1. The van der Waals surface area contributed by atoms with Crippen LogP contribution < -0.4 is 10.6 Å². The molecule has 0 spiro atoms. The lowest BCUT2D eigenvalue weighted by atomic mass is 10.0. The molecular weight excluding hydrogens is 302 g/mol. The van der Waals surface area contributed by atoms with Crippen LogP contribution >= 0.6 is 0 Å². The zero-order valence-electron chi connectivity index (χ0n) is 14.3. The number of aryl methyl sites for hydroxylation is 2. The molecule has 3 rings (SSSR count). The number of aromatic nitrogens is 2. The Morgan fingerprint density at radius 1 is 1.25 bits per heavy atom. The van der Waals surface area contributed by atoms with E-state index in [1.165, 1.54) is 5.56 Å². The van der Waals surface area contributed by atoms with Crippen LogP contribution in [-0.4, -0.2) is 39.8 Å². The second-order valence-electron chi connectivity index (χ2n) is 6.43. The second kappa shape index (κ2) is 7.49. The quantitative estimate of drug-likeness (QED) is 0.907. The van der Waals surface area contributed by atoms with E-state index in [4.69, 9.17) is 0 Å². The standard InChI is InChI=1S/C18H25N5O/c1-14-12-17(22(2)21-14)20-18(24)19-16-8-10-23(11-9-16)13-15-6-4-3-5-7-15/h3-7,12,16H,8-11,13H2,1-2H3,(H2,19,20,24). The number of benzene rings is 1. The smallest absolute Gasteiger partial charge is 0.320 e. The molecule has 2 N–H and O–H groups in total. The molecule has 1 fully saturated rings. The fourth-order valence-electron chi connectivity index (χ4n) is 3.14. The van der Waals surface area contributed by atoms with Crippen molar-refractivity contribution in [3.63, 3.8) is 0 Å². The van der Waals surface area contributed by atoms with E-state index in [-0.39, 0.29) is 12.1 Å². The van der Waals surface area contributed by atoms with Gasteiger partial charge in [-0.3, -0.25) is 14.9 Å². The monoisotopic (exact) mass is 327 g/mol. The summed E-state index contributed by atoms with van der Waals surface area (Å²) in [7, 11) is 1.82. The zero-order valence-corrected chi connectivity index (χ0v) is 14.3. The lowest BCUT2D eigenvalue weighted by Gasteiger charge is -2.32. The largest absolute Gasteiger partial charge is 0.335 e. The Morgan fingerprint density at radius 2 is 1.96 bits per heavy atom. The average molecular weight is 327 g/mol. The summed E-state index contributed by atoms with van der Waals surface area (Å²) < 4.78 is 1.68. The highest BCUT2D eigenvalue weighted by Gasteiger charge is 2.21. The predicted octanol–water partition coefficient (Wildman–Crippen LogP) is 2.51. The van der Waals surface area contributed by atoms with E-state index in [0.717, 1.165) is 38.2 Å². The number of anilines is 1. The van der Waals surface area contributed by atoms with Gasteiger partial charge >= 0.3 is 6.03 Å². The van der Waals surface area contributed by atoms with E-state index in [0.29, 0.717) is 5.82 Å². The molecule has 1 saturated heterocycles. The van der Waals surface area contributed by atoms with Crippen LogP contribution in [0.2, 0.25) is 0 Å². The molecule has 0 unspecified atom stereocenters. The first-order valence-corrected chi connectivity index (χ1v) is 8.44. The number of hydrogen-bond acceptors (Lipinski definition) is 3. The van der Waals surface area contributed by atoms with Crippen LogP contribution in [0.5, 0.6) is 0 Å². The zero-order chi connectivity index (χ0) is 16.9. The minimum atomic E-state index is -0.153. The van der Waals surface area contributed by atoms with E-state index in [1.54, 1.807) is 4.68 Å². The summed E-state index contributed by atoms with van der Waals surface area (Å²) in [6, 6.07) is 12.5. The second-order valence-corrected chi connectivity index (χ2v) is 6.43. The topological polar surface area (TPSA) is 62.2 Å². The Balaban J connectivity index is 1.43. The van der Waals surface area contributed by atoms with Gasteiger partial charge in [-0.05, 0) is 25.3 Å². The highest BCUT2D eigenvalue weighted by atomic mass is 16.2. The molecule has 0 saturated carbocycles. The van der Waals surface area contributed by atoms with Crippen LogP contribution in [0, 0.1) is 6.92 Å². The molecule has 2 amide bonds. The molecule has 1 aliphatic rings. The van der Waals surface area contributed by atoms with Crippen molar-refractivity contribution in [2.24, 2.45) is 7.05 Å². The summed E-state index contributed by atoms with van der Waals surface area (Å²) >= 11 is 0. The Morgan fingerprint density at radius 3 is 2.58 bits per heavy atom. The number of carbonyl (C=O) groups excluding carboxylic acids is 1. The summed E-state index contributed by atoms with van der Waals surface area (Å²) in [6.45, 7) is 4.90. The molecule has 128 valence electrons. The van der Waals surface area contributed by atoms with Gasteiger partial charge in [-0.2, -0.15) is 5.10 Å². The van der Waals surface area contributed by atoms with Gasteiger partial charge < -0.3 is 5.32 Å². The van der Waals surface area contributed by atoms with Gasteiger partial charge in [0.15, 0.2) is 0 Å². The fourth-order valence-corrected chi connectivity index (χ4v) is 3.14. The van der Waals surface area contributed by atoms with Crippen molar-refractivity contribution in [3.05, 3.63) is 47.7 Å².